The normalized spacial score (nSPS) is 11.5. The van der Waals surface area contributed by atoms with Crippen molar-refractivity contribution in [2.24, 2.45) is 0 Å². The topological polar surface area (TPSA) is 30.5 Å². The Hall–Kier alpha value is -1.27. The van der Waals surface area contributed by atoms with Crippen molar-refractivity contribution in [3.8, 4) is 5.75 Å². The van der Waals surface area contributed by atoms with Gasteiger partial charge < -0.3 is 14.8 Å². The smallest absolute Gasteiger partial charge is 0.406 e. The van der Waals surface area contributed by atoms with E-state index in [-0.39, 0.29) is 5.75 Å². The fraction of sp³-hybridized carbons (Fsp3) is 0.455. The van der Waals surface area contributed by atoms with Gasteiger partial charge in [-0.3, -0.25) is 0 Å². The maximum absolute atomic E-state index is 11.9. The monoisotopic (exact) mass is 249 g/mol. The third-order valence-electron chi connectivity index (χ3n) is 1.92. The number of likely N-dealkylation sites (N-methyl/N-ethyl adjacent to an activating group) is 1. The molecule has 0 saturated heterocycles. The molecule has 0 bridgehead atoms. The van der Waals surface area contributed by atoms with Gasteiger partial charge in [0.25, 0.3) is 0 Å². The van der Waals surface area contributed by atoms with E-state index >= 15 is 0 Å². The van der Waals surface area contributed by atoms with Gasteiger partial charge in [-0.05, 0) is 24.7 Å². The van der Waals surface area contributed by atoms with Gasteiger partial charge in [0.2, 0.25) is 0 Å². The summed E-state index contributed by atoms with van der Waals surface area (Å²) in [7, 11) is 1.81. The summed E-state index contributed by atoms with van der Waals surface area (Å²) in [6.45, 7) is 1.65. The van der Waals surface area contributed by atoms with Crippen LogP contribution in [0.25, 0.3) is 0 Å². The number of ether oxygens (including phenoxy) is 2. The van der Waals surface area contributed by atoms with Crippen LogP contribution in [-0.4, -0.2) is 26.6 Å². The highest BCUT2D eigenvalue weighted by molar-refractivity contribution is 5.26. The molecule has 1 aromatic rings. The summed E-state index contributed by atoms with van der Waals surface area (Å²) in [6, 6.07) is 5.62. The summed E-state index contributed by atoms with van der Waals surface area (Å²) >= 11 is 0. The minimum absolute atomic E-state index is 0.225. The Morgan fingerprint density at radius 3 is 2.35 bits per heavy atom. The summed E-state index contributed by atoms with van der Waals surface area (Å²) in [4.78, 5) is 0. The van der Waals surface area contributed by atoms with Crippen LogP contribution in [0.2, 0.25) is 0 Å². The van der Waals surface area contributed by atoms with E-state index in [4.69, 9.17) is 4.74 Å². The lowest BCUT2D eigenvalue weighted by molar-refractivity contribution is -0.274. The molecule has 0 aromatic heterocycles. The number of benzene rings is 1. The maximum Gasteiger partial charge on any atom is 0.573 e. The number of halogens is 3. The van der Waals surface area contributed by atoms with E-state index in [1.807, 2.05) is 7.05 Å². The van der Waals surface area contributed by atoms with Crippen molar-refractivity contribution in [1.29, 1.82) is 0 Å². The molecule has 0 aliphatic heterocycles. The molecule has 0 atom stereocenters. The Morgan fingerprint density at radius 2 is 1.82 bits per heavy atom. The van der Waals surface area contributed by atoms with Crippen LogP contribution in [0.1, 0.15) is 5.56 Å². The van der Waals surface area contributed by atoms with Crippen molar-refractivity contribution in [3.05, 3.63) is 29.8 Å². The molecule has 0 spiro atoms. The zero-order chi connectivity index (χ0) is 12.7. The fourth-order valence-electron chi connectivity index (χ4n) is 1.15. The number of hydrogen-bond donors (Lipinski definition) is 1. The van der Waals surface area contributed by atoms with Gasteiger partial charge >= 0.3 is 6.36 Å². The minimum atomic E-state index is -4.65. The van der Waals surface area contributed by atoms with Gasteiger partial charge in [-0.2, -0.15) is 0 Å². The summed E-state index contributed by atoms with van der Waals surface area (Å²) in [5.41, 5.74) is 0.802. The average Bonchev–Trinajstić information content (AvgIpc) is 2.25. The summed E-state index contributed by atoms with van der Waals surface area (Å²) in [5, 5.41) is 2.92. The van der Waals surface area contributed by atoms with Gasteiger partial charge in [-0.25, -0.2) is 0 Å². The molecule has 1 rings (SSSR count). The van der Waals surface area contributed by atoms with E-state index in [1.54, 1.807) is 12.1 Å². The van der Waals surface area contributed by atoms with E-state index in [0.717, 1.165) is 12.1 Å². The molecule has 0 aliphatic rings. The Morgan fingerprint density at radius 1 is 1.18 bits per heavy atom. The second-order valence-corrected chi connectivity index (χ2v) is 3.35. The van der Waals surface area contributed by atoms with E-state index in [9.17, 15) is 13.2 Å². The van der Waals surface area contributed by atoms with Gasteiger partial charge in [0, 0.05) is 6.54 Å². The van der Waals surface area contributed by atoms with Crippen LogP contribution in [0.4, 0.5) is 13.2 Å². The second kappa shape index (κ2) is 6.46. The lowest BCUT2D eigenvalue weighted by Crippen LogP contribution is -2.17. The maximum atomic E-state index is 11.9. The lowest BCUT2D eigenvalue weighted by Gasteiger charge is -2.09. The lowest BCUT2D eigenvalue weighted by atomic mass is 10.2. The summed E-state index contributed by atoms with van der Waals surface area (Å²) in [6.07, 6.45) is -4.65. The average molecular weight is 249 g/mol. The Labute approximate surface area is 97.5 Å². The number of alkyl halides is 3. The molecular weight excluding hydrogens is 235 g/mol. The molecule has 3 nitrogen and oxygen atoms in total. The molecule has 1 N–H and O–H groups in total. The Bertz CT molecular complexity index is 324. The summed E-state index contributed by atoms with van der Waals surface area (Å²) < 4.78 is 44.7. The molecular formula is C11H14F3NO2. The quantitative estimate of drug-likeness (QED) is 0.785. The van der Waals surface area contributed by atoms with Crippen molar-refractivity contribution in [2.75, 3.05) is 20.2 Å². The Balaban J connectivity index is 2.39. The van der Waals surface area contributed by atoms with Crippen molar-refractivity contribution in [2.45, 2.75) is 13.0 Å². The van der Waals surface area contributed by atoms with Gasteiger partial charge in [0.15, 0.2) is 0 Å². The highest BCUT2D eigenvalue weighted by atomic mass is 19.4. The SMILES string of the molecule is CNCCOCc1ccc(OC(F)(F)F)cc1. The largest absolute Gasteiger partial charge is 0.573 e. The molecule has 6 heteroatoms. The highest BCUT2D eigenvalue weighted by Crippen LogP contribution is 2.22. The van der Waals surface area contributed by atoms with Crippen LogP contribution in [0.5, 0.6) is 5.75 Å². The Kier molecular flexibility index (Phi) is 5.24. The molecule has 96 valence electrons. The zero-order valence-corrected chi connectivity index (χ0v) is 9.38. The van der Waals surface area contributed by atoms with E-state index in [1.165, 1.54) is 12.1 Å². The van der Waals surface area contributed by atoms with E-state index < -0.39 is 6.36 Å². The van der Waals surface area contributed by atoms with Crippen molar-refractivity contribution in [3.63, 3.8) is 0 Å². The van der Waals surface area contributed by atoms with Gasteiger partial charge in [0.05, 0.1) is 13.2 Å². The molecule has 0 fully saturated rings. The molecule has 1 aromatic carbocycles. The third kappa shape index (κ3) is 6.13. The molecule has 0 radical (unpaired) electrons. The van der Waals surface area contributed by atoms with E-state index in [2.05, 4.69) is 10.1 Å². The third-order valence-corrected chi connectivity index (χ3v) is 1.92. The molecule has 0 amide bonds. The molecule has 17 heavy (non-hydrogen) atoms. The predicted octanol–water partition coefficient (Wildman–Crippen LogP) is 2.32. The highest BCUT2D eigenvalue weighted by Gasteiger charge is 2.30. The van der Waals surface area contributed by atoms with Crippen molar-refractivity contribution in [1.82, 2.24) is 5.32 Å². The molecule has 0 heterocycles. The number of rotatable bonds is 6. The van der Waals surface area contributed by atoms with Crippen LogP contribution < -0.4 is 10.1 Å². The first-order valence-electron chi connectivity index (χ1n) is 5.08. The minimum Gasteiger partial charge on any atom is -0.406 e. The number of nitrogens with one attached hydrogen (secondary N) is 1. The van der Waals surface area contributed by atoms with Crippen LogP contribution in [0.3, 0.4) is 0 Å². The van der Waals surface area contributed by atoms with Crippen molar-refractivity contribution < 1.29 is 22.6 Å². The van der Waals surface area contributed by atoms with Gasteiger partial charge in [-0.1, -0.05) is 12.1 Å². The van der Waals surface area contributed by atoms with Crippen molar-refractivity contribution >= 4 is 0 Å². The molecule has 0 unspecified atom stereocenters. The zero-order valence-electron chi connectivity index (χ0n) is 9.38. The molecule has 0 saturated carbocycles. The number of hydrogen-bond acceptors (Lipinski definition) is 3. The predicted molar refractivity (Wildman–Crippen MR) is 56.7 cm³/mol. The fourth-order valence-corrected chi connectivity index (χ4v) is 1.15. The van der Waals surface area contributed by atoms with Crippen LogP contribution in [0, 0.1) is 0 Å². The van der Waals surface area contributed by atoms with Crippen LogP contribution >= 0.6 is 0 Å². The van der Waals surface area contributed by atoms with Crippen LogP contribution in [-0.2, 0) is 11.3 Å². The molecule has 0 aliphatic carbocycles. The van der Waals surface area contributed by atoms with E-state index in [0.29, 0.717) is 13.2 Å². The summed E-state index contributed by atoms with van der Waals surface area (Å²) in [5.74, 6) is -0.225. The van der Waals surface area contributed by atoms with Gasteiger partial charge in [-0.15, -0.1) is 13.2 Å². The first-order chi connectivity index (χ1) is 8.01. The first-order valence-corrected chi connectivity index (χ1v) is 5.08. The first kappa shape index (κ1) is 13.8. The van der Waals surface area contributed by atoms with Gasteiger partial charge in [0.1, 0.15) is 5.75 Å². The van der Waals surface area contributed by atoms with Crippen LogP contribution in [0.15, 0.2) is 24.3 Å². The second-order valence-electron chi connectivity index (χ2n) is 3.35. The standard InChI is InChI=1S/C11H14F3NO2/c1-15-6-7-16-8-9-2-4-10(5-3-9)17-11(12,13)14/h2-5,15H,6-8H2,1H3.